The second-order valence-electron chi connectivity index (χ2n) is 4.94. The van der Waals surface area contributed by atoms with Gasteiger partial charge in [0.2, 0.25) is 0 Å². The molecule has 3 N–H and O–H groups in total. The van der Waals surface area contributed by atoms with E-state index in [1.165, 1.54) is 0 Å². The predicted octanol–water partition coefficient (Wildman–Crippen LogP) is 1.70. The summed E-state index contributed by atoms with van der Waals surface area (Å²) in [5.41, 5.74) is 5.63. The Hall–Kier alpha value is -0.610. The van der Waals surface area contributed by atoms with Crippen LogP contribution in [0.1, 0.15) is 46.0 Å². The van der Waals surface area contributed by atoms with Gasteiger partial charge in [-0.2, -0.15) is 0 Å². The van der Waals surface area contributed by atoms with Gasteiger partial charge in [-0.1, -0.05) is 13.8 Å². The first-order valence-electron chi connectivity index (χ1n) is 6.56. The van der Waals surface area contributed by atoms with Crippen LogP contribution in [0.25, 0.3) is 0 Å². The van der Waals surface area contributed by atoms with Gasteiger partial charge in [-0.15, -0.1) is 0 Å². The Kier molecular flexibility index (Phi) is 10.2. The summed E-state index contributed by atoms with van der Waals surface area (Å²) < 4.78 is 5.13. The summed E-state index contributed by atoms with van der Waals surface area (Å²) in [4.78, 5) is 11.5. The fourth-order valence-electron chi connectivity index (χ4n) is 1.80. The molecule has 0 aliphatic carbocycles. The van der Waals surface area contributed by atoms with E-state index >= 15 is 0 Å². The van der Waals surface area contributed by atoms with Crippen LogP contribution < -0.4 is 5.73 Å². The molecule has 0 saturated heterocycles. The van der Waals surface area contributed by atoms with E-state index in [2.05, 4.69) is 13.8 Å². The standard InChI is InChI=1S/C13H27NO3/c1-11(2)8-12(10-14)9-13(16)17-7-5-3-4-6-15/h11-12,15H,3-10,14H2,1-2H3/t12-/m0/s1. The van der Waals surface area contributed by atoms with Gasteiger partial charge in [0.15, 0.2) is 0 Å². The second kappa shape index (κ2) is 10.5. The van der Waals surface area contributed by atoms with E-state index in [1.54, 1.807) is 0 Å². The van der Waals surface area contributed by atoms with Crippen molar-refractivity contribution >= 4 is 5.97 Å². The Morgan fingerprint density at radius 3 is 2.53 bits per heavy atom. The van der Waals surface area contributed by atoms with Gasteiger partial charge in [-0.3, -0.25) is 4.79 Å². The Morgan fingerprint density at radius 1 is 1.29 bits per heavy atom. The second-order valence-corrected chi connectivity index (χ2v) is 4.94. The Bertz CT molecular complexity index is 195. The van der Waals surface area contributed by atoms with Gasteiger partial charge in [-0.25, -0.2) is 0 Å². The van der Waals surface area contributed by atoms with Crippen LogP contribution >= 0.6 is 0 Å². The third-order valence-corrected chi connectivity index (χ3v) is 2.66. The average Bonchev–Trinajstić information content (AvgIpc) is 2.27. The molecular formula is C13H27NO3. The van der Waals surface area contributed by atoms with Crippen LogP contribution in [-0.2, 0) is 9.53 Å². The molecule has 0 amide bonds. The first-order chi connectivity index (χ1) is 8.10. The lowest BCUT2D eigenvalue weighted by Gasteiger charge is -2.16. The van der Waals surface area contributed by atoms with Crippen molar-refractivity contribution in [3.63, 3.8) is 0 Å². The summed E-state index contributed by atoms with van der Waals surface area (Å²) in [5.74, 6) is 0.644. The van der Waals surface area contributed by atoms with Crippen LogP contribution in [0.2, 0.25) is 0 Å². The smallest absolute Gasteiger partial charge is 0.306 e. The van der Waals surface area contributed by atoms with Gasteiger partial charge >= 0.3 is 5.97 Å². The van der Waals surface area contributed by atoms with E-state index in [1.807, 2.05) is 0 Å². The molecule has 4 heteroatoms. The zero-order chi connectivity index (χ0) is 13.1. The highest BCUT2D eigenvalue weighted by Gasteiger charge is 2.14. The molecule has 0 aliphatic rings. The molecule has 17 heavy (non-hydrogen) atoms. The van der Waals surface area contributed by atoms with Gasteiger partial charge in [-0.05, 0) is 44.1 Å². The van der Waals surface area contributed by atoms with Crippen molar-refractivity contribution in [2.24, 2.45) is 17.6 Å². The quantitative estimate of drug-likeness (QED) is 0.454. The first kappa shape index (κ1) is 16.4. The van der Waals surface area contributed by atoms with Crippen LogP contribution in [0.4, 0.5) is 0 Å². The highest BCUT2D eigenvalue weighted by atomic mass is 16.5. The largest absolute Gasteiger partial charge is 0.466 e. The van der Waals surface area contributed by atoms with Crippen molar-refractivity contribution in [1.29, 1.82) is 0 Å². The van der Waals surface area contributed by atoms with E-state index in [4.69, 9.17) is 15.6 Å². The third-order valence-electron chi connectivity index (χ3n) is 2.66. The number of carbonyl (C=O) groups excluding carboxylic acids is 1. The molecular weight excluding hydrogens is 218 g/mol. The molecule has 1 atom stereocenters. The van der Waals surface area contributed by atoms with E-state index in [0.29, 0.717) is 25.5 Å². The maximum Gasteiger partial charge on any atom is 0.306 e. The Morgan fingerprint density at radius 2 is 2.00 bits per heavy atom. The fourth-order valence-corrected chi connectivity index (χ4v) is 1.80. The number of ether oxygens (including phenoxy) is 1. The van der Waals surface area contributed by atoms with Crippen molar-refractivity contribution in [2.45, 2.75) is 46.0 Å². The van der Waals surface area contributed by atoms with Crippen molar-refractivity contribution in [2.75, 3.05) is 19.8 Å². The SMILES string of the molecule is CC(C)C[C@H](CN)CC(=O)OCCCCCO. The Balaban J connectivity index is 3.61. The minimum atomic E-state index is -0.148. The summed E-state index contributed by atoms with van der Waals surface area (Å²) in [6, 6.07) is 0. The molecule has 0 aliphatic heterocycles. The summed E-state index contributed by atoms with van der Waals surface area (Å²) >= 11 is 0. The van der Waals surface area contributed by atoms with Gasteiger partial charge in [0.05, 0.1) is 6.61 Å². The molecule has 0 fully saturated rings. The van der Waals surface area contributed by atoms with Crippen molar-refractivity contribution in [3.05, 3.63) is 0 Å². The lowest BCUT2D eigenvalue weighted by atomic mass is 9.94. The molecule has 0 saturated carbocycles. The van der Waals surface area contributed by atoms with Crippen molar-refractivity contribution < 1.29 is 14.6 Å². The summed E-state index contributed by atoms with van der Waals surface area (Å²) in [6.07, 6.45) is 3.89. The van der Waals surface area contributed by atoms with Crippen LogP contribution in [0.3, 0.4) is 0 Å². The lowest BCUT2D eigenvalue weighted by molar-refractivity contribution is -0.144. The molecule has 0 radical (unpaired) electrons. The van der Waals surface area contributed by atoms with E-state index in [0.717, 1.165) is 25.7 Å². The number of hydrogen-bond acceptors (Lipinski definition) is 4. The number of aliphatic hydroxyl groups is 1. The van der Waals surface area contributed by atoms with Crippen molar-refractivity contribution in [1.82, 2.24) is 0 Å². The zero-order valence-corrected chi connectivity index (χ0v) is 11.2. The van der Waals surface area contributed by atoms with E-state index in [-0.39, 0.29) is 18.5 Å². The molecule has 0 rings (SSSR count). The monoisotopic (exact) mass is 245 g/mol. The number of rotatable bonds is 10. The normalized spacial score (nSPS) is 12.8. The maximum absolute atomic E-state index is 11.5. The van der Waals surface area contributed by atoms with Gasteiger partial charge in [0.1, 0.15) is 0 Å². The molecule has 0 aromatic carbocycles. The number of nitrogens with two attached hydrogens (primary N) is 1. The van der Waals surface area contributed by atoms with Crippen LogP contribution in [0.5, 0.6) is 0 Å². The van der Waals surface area contributed by atoms with Crippen LogP contribution in [0, 0.1) is 11.8 Å². The van der Waals surface area contributed by atoms with Gasteiger partial charge in [0.25, 0.3) is 0 Å². The van der Waals surface area contributed by atoms with Crippen LogP contribution in [0.15, 0.2) is 0 Å². The molecule has 102 valence electrons. The summed E-state index contributed by atoms with van der Waals surface area (Å²) in [5, 5.41) is 8.59. The van der Waals surface area contributed by atoms with Gasteiger partial charge in [0, 0.05) is 13.0 Å². The number of aliphatic hydroxyl groups excluding tert-OH is 1. The minimum absolute atomic E-state index is 0.148. The minimum Gasteiger partial charge on any atom is -0.466 e. The Labute approximate surface area is 105 Å². The maximum atomic E-state index is 11.5. The summed E-state index contributed by atoms with van der Waals surface area (Å²) in [7, 11) is 0. The average molecular weight is 245 g/mol. The lowest BCUT2D eigenvalue weighted by Crippen LogP contribution is -2.21. The van der Waals surface area contributed by atoms with E-state index < -0.39 is 0 Å². The first-order valence-corrected chi connectivity index (χ1v) is 6.56. The fraction of sp³-hybridized carbons (Fsp3) is 0.923. The highest BCUT2D eigenvalue weighted by molar-refractivity contribution is 5.69. The number of unbranched alkanes of at least 4 members (excludes halogenated alkanes) is 2. The third kappa shape index (κ3) is 10.3. The van der Waals surface area contributed by atoms with Gasteiger partial charge < -0.3 is 15.6 Å². The molecule has 0 heterocycles. The number of carbonyl (C=O) groups is 1. The zero-order valence-electron chi connectivity index (χ0n) is 11.2. The van der Waals surface area contributed by atoms with Crippen LogP contribution in [-0.4, -0.2) is 30.8 Å². The molecule has 0 bridgehead atoms. The number of esters is 1. The molecule has 0 spiro atoms. The molecule has 4 nitrogen and oxygen atoms in total. The van der Waals surface area contributed by atoms with E-state index in [9.17, 15) is 4.79 Å². The molecule has 0 unspecified atom stereocenters. The molecule has 0 aromatic rings. The molecule has 0 aromatic heterocycles. The topological polar surface area (TPSA) is 72.6 Å². The number of hydrogen-bond donors (Lipinski definition) is 2. The highest BCUT2D eigenvalue weighted by Crippen LogP contribution is 2.14. The summed E-state index contributed by atoms with van der Waals surface area (Å²) in [6.45, 7) is 5.46. The predicted molar refractivity (Wildman–Crippen MR) is 68.5 cm³/mol. The van der Waals surface area contributed by atoms with Crippen molar-refractivity contribution in [3.8, 4) is 0 Å².